The largest absolute Gasteiger partial charge is 0.497 e. The molecule has 2 aromatic heterocycles. The minimum absolute atomic E-state index is 0.487. The van der Waals surface area contributed by atoms with Crippen LogP contribution in [0.4, 0.5) is 11.6 Å². The van der Waals surface area contributed by atoms with Crippen LogP contribution in [0.2, 0.25) is 0 Å². The SMILES string of the molecule is COc1ccc(-c2nccc3nc(Nc4ccc(ONCCN(C)C)cc4)nn23)cc1. The van der Waals surface area contributed by atoms with E-state index in [0.717, 1.165) is 35.8 Å². The number of fused-ring (bicyclic) bond motifs is 1. The molecule has 0 aliphatic carbocycles. The van der Waals surface area contributed by atoms with Gasteiger partial charge in [0.15, 0.2) is 11.5 Å². The van der Waals surface area contributed by atoms with Crippen molar-refractivity contribution in [3.63, 3.8) is 0 Å². The molecule has 0 bridgehead atoms. The van der Waals surface area contributed by atoms with E-state index in [-0.39, 0.29) is 0 Å². The molecule has 2 heterocycles. The minimum atomic E-state index is 0.487. The molecule has 0 aliphatic rings. The monoisotopic (exact) mass is 419 g/mol. The predicted octanol–water partition coefficient (Wildman–Crippen LogP) is 2.99. The van der Waals surface area contributed by atoms with E-state index >= 15 is 0 Å². The molecule has 0 saturated heterocycles. The van der Waals surface area contributed by atoms with E-state index in [1.165, 1.54) is 0 Å². The summed E-state index contributed by atoms with van der Waals surface area (Å²) in [6, 6.07) is 17.1. The van der Waals surface area contributed by atoms with Crippen LogP contribution in [0.25, 0.3) is 17.0 Å². The fraction of sp³-hybridized carbons (Fsp3) is 0.227. The van der Waals surface area contributed by atoms with Gasteiger partial charge >= 0.3 is 0 Å². The summed E-state index contributed by atoms with van der Waals surface area (Å²) in [7, 11) is 5.68. The van der Waals surface area contributed by atoms with E-state index in [1.807, 2.05) is 68.7 Å². The van der Waals surface area contributed by atoms with Crippen molar-refractivity contribution in [2.45, 2.75) is 0 Å². The lowest BCUT2D eigenvalue weighted by molar-refractivity contribution is 0.184. The van der Waals surface area contributed by atoms with E-state index in [2.05, 4.69) is 30.8 Å². The van der Waals surface area contributed by atoms with Crippen LogP contribution in [0.3, 0.4) is 0 Å². The fourth-order valence-corrected chi connectivity index (χ4v) is 2.95. The maximum Gasteiger partial charge on any atom is 0.247 e. The third-order valence-corrected chi connectivity index (χ3v) is 4.56. The average Bonchev–Trinajstić information content (AvgIpc) is 3.20. The minimum Gasteiger partial charge on any atom is -0.497 e. The van der Waals surface area contributed by atoms with Crippen molar-refractivity contribution >= 4 is 17.3 Å². The van der Waals surface area contributed by atoms with E-state index < -0.39 is 0 Å². The van der Waals surface area contributed by atoms with Crippen molar-refractivity contribution in [3.8, 4) is 22.9 Å². The topological polar surface area (TPSA) is 88.8 Å². The van der Waals surface area contributed by atoms with Gasteiger partial charge in [-0.25, -0.2) is 4.98 Å². The molecule has 0 fully saturated rings. The zero-order valence-corrected chi connectivity index (χ0v) is 17.7. The number of hydrogen-bond donors (Lipinski definition) is 2. The van der Waals surface area contributed by atoms with Crippen LogP contribution in [0.1, 0.15) is 0 Å². The van der Waals surface area contributed by atoms with Gasteiger partial charge in [0.25, 0.3) is 0 Å². The van der Waals surface area contributed by atoms with Gasteiger partial charge in [0.1, 0.15) is 11.5 Å². The Labute approximate surface area is 180 Å². The Hall–Kier alpha value is -3.69. The average molecular weight is 419 g/mol. The summed E-state index contributed by atoms with van der Waals surface area (Å²) in [5, 5.41) is 7.81. The number of nitrogens with zero attached hydrogens (tertiary/aromatic N) is 5. The second-order valence-corrected chi connectivity index (χ2v) is 7.15. The highest BCUT2D eigenvalue weighted by Gasteiger charge is 2.10. The zero-order valence-electron chi connectivity index (χ0n) is 17.7. The molecule has 31 heavy (non-hydrogen) atoms. The van der Waals surface area contributed by atoms with Gasteiger partial charge in [0.2, 0.25) is 5.95 Å². The Morgan fingerprint density at radius 3 is 2.42 bits per heavy atom. The van der Waals surface area contributed by atoms with Gasteiger partial charge in [-0.1, -0.05) is 0 Å². The third kappa shape index (κ3) is 5.08. The molecule has 0 radical (unpaired) electrons. The number of methoxy groups -OCH3 is 1. The molecule has 0 aliphatic heterocycles. The van der Waals surface area contributed by atoms with Crippen LogP contribution in [0.15, 0.2) is 60.8 Å². The number of hydrogen-bond acceptors (Lipinski definition) is 8. The standard InChI is InChI=1S/C22H25N7O2/c1-28(2)15-14-24-31-19-10-6-17(7-11-19)25-22-26-20-12-13-23-21(29(20)27-22)16-4-8-18(30-3)9-5-16/h4-13,24H,14-15H2,1-3H3,(H,25,27). The van der Waals surface area contributed by atoms with E-state index in [9.17, 15) is 0 Å². The Bertz CT molecular complexity index is 1130. The highest BCUT2D eigenvalue weighted by atomic mass is 16.6. The van der Waals surface area contributed by atoms with Crippen molar-refractivity contribution in [1.29, 1.82) is 0 Å². The summed E-state index contributed by atoms with van der Waals surface area (Å²) in [4.78, 5) is 16.6. The number of likely N-dealkylation sites (N-methyl/N-ethyl adjacent to an activating group) is 1. The summed E-state index contributed by atoms with van der Waals surface area (Å²) in [5.41, 5.74) is 5.43. The number of aromatic nitrogens is 4. The van der Waals surface area contributed by atoms with Crippen molar-refractivity contribution < 1.29 is 9.57 Å². The molecule has 2 N–H and O–H groups in total. The highest BCUT2D eigenvalue weighted by Crippen LogP contribution is 2.23. The Morgan fingerprint density at radius 2 is 1.71 bits per heavy atom. The number of nitrogens with one attached hydrogen (secondary N) is 2. The van der Waals surface area contributed by atoms with Crippen molar-refractivity contribution in [2.24, 2.45) is 0 Å². The summed E-state index contributed by atoms with van der Waals surface area (Å²) in [6.07, 6.45) is 1.72. The summed E-state index contributed by atoms with van der Waals surface area (Å²) >= 11 is 0. The third-order valence-electron chi connectivity index (χ3n) is 4.56. The van der Waals surface area contributed by atoms with Gasteiger partial charge in [-0.2, -0.15) is 15.0 Å². The van der Waals surface area contributed by atoms with Gasteiger partial charge < -0.3 is 19.8 Å². The first-order valence-corrected chi connectivity index (χ1v) is 9.90. The van der Waals surface area contributed by atoms with Crippen LogP contribution in [0, 0.1) is 0 Å². The second-order valence-electron chi connectivity index (χ2n) is 7.15. The molecule has 0 spiro atoms. The number of hydroxylamine groups is 1. The Balaban J connectivity index is 1.46. The second kappa shape index (κ2) is 9.41. The summed E-state index contributed by atoms with van der Waals surface area (Å²) < 4.78 is 6.95. The molecule has 4 aromatic rings. The van der Waals surface area contributed by atoms with Crippen molar-refractivity contribution in [3.05, 3.63) is 60.8 Å². The lowest BCUT2D eigenvalue weighted by Crippen LogP contribution is -2.28. The smallest absolute Gasteiger partial charge is 0.247 e. The molecule has 160 valence electrons. The Morgan fingerprint density at radius 1 is 0.968 bits per heavy atom. The van der Waals surface area contributed by atoms with Crippen molar-refractivity contribution in [1.82, 2.24) is 30.0 Å². The van der Waals surface area contributed by atoms with Crippen LogP contribution < -0.4 is 20.4 Å². The molecule has 0 saturated carbocycles. The number of rotatable bonds is 9. The number of benzene rings is 2. The van der Waals surface area contributed by atoms with Crippen molar-refractivity contribution in [2.75, 3.05) is 39.6 Å². The normalized spacial score (nSPS) is 11.1. The molecule has 4 rings (SSSR count). The molecule has 9 nitrogen and oxygen atoms in total. The lowest BCUT2D eigenvalue weighted by atomic mass is 10.2. The van der Waals surface area contributed by atoms with Gasteiger partial charge in [0.05, 0.1) is 7.11 Å². The molecular weight excluding hydrogens is 394 g/mol. The maximum atomic E-state index is 5.53. The van der Waals surface area contributed by atoms with Crippen LogP contribution >= 0.6 is 0 Å². The lowest BCUT2D eigenvalue weighted by Gasteiger charge is -2.11. The van der Waals surface area contributed by atoms with Gasteiger partial charge in [-0.3, -0.25) is 0 Å². The maximum absolute atomic E-state index is 5.53. The molecular formula is C22H25N7O2. The van der Waals surface area contributed by atoms with E-state index in [1.54, 1.807) is 17.8 Å². The zero-order chi connectivity index (χ0) is 21.6. The first kappa shape index (κ1) is 20.6. The predicted molar refractivity (Wildman–Crippen MR) is 120 cm³/mol. The van der Waals surface area contributed by atoms with Crippen LogP contribution in [-0.2, 0) is 0 Å². The molecule has 0 unspecified atom stereocenters. The van der Waals surface area contributed by atoms with Gasteiger partial charge in [-0.05, 0) is 62.6 Å². The Kier molecular flexibility index (Phi) is 6.25. The van der Waals surface area contributed by atoms with Crippen LogP contribution in [-0.4, -0.2) is 58.8 Å². The highest BCUT2D eigenvalue weighted by molar-refractivity contribution is 5.62. The van der Waals surface area contributed by atoms with E-state index in [0.29, 0.717) is 17.4 Å². The summed E-state index contributed by atoms with van der Waals surface area (Å²) in [5.74, 6) is 2.71. The summed E-state index contributed by atoms with van der Waals surface area (Å²) in [6.45, 7) is 1.63. The van der Waals surface area contributed by atoms with E-state index in [4.69, 9.17) is 9.57 Å². The molecule has 0 amide bonds. The number of anilines is 2. The first-order valence-electron chi connectivity index (χ1n) is 9.90. The quantitative estimate of drug-likeness (QED) is 0.316. The number of ether oxygens (including phenoxy) is 1. The molecule has 2 aromatic carbocycles. The van der Waals surface area contributed by atoms with Crippen LogP contribution in [0.5, 0.6) is 11.5 Å². The molecule has 9 heteroatoms. The fourth-order valence-electron chi connectivity index (χ4n) is 2.95. The van der Waals surface area contributed by atoms with Gasteiger partial charge in [-0.15, -0.1) is 5.10 Å². The molecule has 0 atom stereocenters. The van der Waals surface area contributed by atoms with Gasteiger partial charge in [0, 0.05) is 36.6 Å². The first-order chi connectivity index (χ1) is 15.1.